The van der Waals surface area contributed by atoms with E-state index in [0.29, 0.717) is 0 Å². The molecule has 0 bridgehead atoms. The maximum atomic E-state index is 11.8. The number of carbonyl (C=O) groups is 1. The van der Waals surface area contributed by atoms with Crippen molar-refractivity contribution in [1.82, 2.24) is 0 Å². The summed E-state index contributed by atoms with van der Waals surface area (Å²) >= 11 is 0. The summed E-state index contributed by atoms with van der Waals surface area (Å²) in [4.78, 5) is 11.8. The van der Waals surface area contributed by atoms with Crippen LogP contribution in [0.3, 0.4) is 0 Å². The Morgan fingerprint density at radius 1 is 1.36 bits per heavy atom. The van der Waals surface area contributed by atoms with Gasteiger partial charge in [-0.05, 0) is 37.5 Å². The van der Waals surface area contributed by atoms with Gasteiger partial charge in [0.05, 0.1) is 5.56 Å². The molecule has 0 amide bonds. The SMILES string of the molecule is CCC1Oc2c(ccc(C)c2C)C1=O. The molecular weight excluding hydrogens is 176 g/mol. The van der Waals surface area contributed by atoms with Gasteiger partial charge >= 0.3 is 0 Å². The van der Waals surface area contributed by atoms with Crippen molar-refractivity contribution < 1.29 is 9.53 Å². The van der Waals surface area contributed by atoms with Crippen molar-refractivity contribution in [2.45, 2.75) is 33.3 Å². The number of carbonyl (C=O) groups excluding carboxylic acids is 1. The molecule has 14 heavy (non-hydrogen) atoms. The van der Waals surface area contributed by atoms with Gasteiger partial charge in [-0.1, -0.05) is 13.0 Å². The number of hydrogen-bond acceptors (Lipinski definition) is 2. The van der Waals surface area contributed by atoms with Crippen molar-refractivity contribution in [2.24, 2.45) is 0 Å². The molecule has 0 spiro atoms. The Kier molecular flexibility index (Phi) is 2.06. The minimum absolute atomic E-state index is 0.130. The lowest BCUT2D eigenvalue weighted by Crippen LogP contribution is -2.18. The fourth-order valence-corrected chi connectivity index (χ4v) is 1.77. The Hall–Kier alpha value is -1.31. The summed E-state index contributed by atoms with van der Waals surface area (Å²) in [5, 5.41) is 0. The topological polar surface area (TPSA) is 26.3 Å². The van der Waals surface area contributed by atoms with Crippen LogP contribution in [-0.2, 0) is 0 Å². The molecule has 2 nitrogen and oxygen atoms in total. The highest BCUT2D eigenvalue weighted by Gasteiger charge is 2.32. The number of rotatable bonds is 1. The van der Waals surface area contributed by atoms with E-state index in [1.165, 1.54) is 5.56 Å². The molecular formula is C12H14O2. The van der Waals surface area contributed by atoms with Gasteiger partial charge in [0.15, 0.2) is 6.10 Å². The van der Waals surface area contributed by atoms with Crippen LogP contribution in [0, 0.1) is 13.8 Å². The molecule has 74 valence electrons. The third-order valence-electron chi connectivity index (χ3n) is 2.87. The largest absolute Gasteiger partial charge is 0.481 e. The van der Waals surface area contributed by atoms with Crippen molar-refractivity contribution >= 4 is 5.78 Å². The lowest BCUT2D eigenvalue weighted by molar-refractivity contribution is 0.0852. The van der Waals surface area contributed by atoms with Crippen LogP contribution in [0.15, 0.2) is 12.1 Å². The Morgan fingerprint density at radius 3 is 2.71 bits per heavy atom. The first-order chi connectivity index (χ1) is 6.65. The van der Waals surface area contributed by atoms with Gasteiger partial charge in [0.25, 0.3) is 0 Å². The summed E-state index contributed by atoms with van der Waals surface area (Å²) in [5.41, 5.74) is 3.01. The molecule has 1 aliphatic rings. The van der Waals surface area contributed by atoms with Crippen molar-refractivity contribution in [3.8, 4) is 5.75 Å². The van der Waals surface area contributed by atoms with E-state index in [9.17, 15) is 4.79 Å². The highest BCUT2D eigenvalue weighted by molar-refractivity contribution is 6.05. The predicted molar refractivity (Wildman–Crippen MR) is 55.0 cm³/mol. The van der Waals surface area contributed by atoms with E-state index >= 15 is 0 Å². The molecule has 0 aliphatic carbocycles. The molecule has 0 radical (unpaired) electrons. The lowest BCUT2D eigenvalue weighted by Gasteiger charge is -2.08. The molecule has 1 atom stereocenters. The molecule has 0 saturated carbocycles. The first-order valence-corrected chi connectivity index (χ1v) is 4.96. The number of benzene rings is 1. The van der Waals surface area contributed by atoms with Gasteiger partial charge < -0.3 is 4.74 Å². The molecule has 1 heterocycles. The quantitative estimate of drug-likeness (QED) is 0.680. The van der Waals surface area contributed by atoms with Crippen molar-refractivity contribution in [2.75, 3.05) is 0 Å². The fraction of sp³-hybridized carbons (Fsp3) is 0.417. The second-order valence-corrected chi connectivity index (χ2v) is 3.76. The smallest absolute Gasteiger partial charge is 0.207 e. The number of Topliss-reactive ketones (excluding diaryl/α,β-unsaturated/α-hetero) is 1. The summed E-state index contributed by atoms with van der Waals surface area (Å²) in [6.07, 6.45) is 0.483. The van der Waals surface area contributed by atoms with Crippen LogP contribution in [0.4, 0.5) is 0 Å². The van der Waals surface area contributed by atoms with Crippen LogP contribution in [0.5, 0.6) is 5.75 Å². The van der Waals surface area contributed by atoms with Gasteiger partial charge in [-0.2, -0.15) is 0 Å². The maximum absolute atomic E-state index is 11.8. The summed E-state index contributed by atoms with van der Waals surface area (Å²) in [7, 11) is 0. The van der Waals surface area contributed by atoms with Crippen LogP contribution in [0.25, 0.3) is 0 Å². The molecule has 0 N–H and O–H groups in total. The van der Waals surface area contributed by atoms with Crippen LogP contribution in [0.1, 0.15) is 34.8 Å². The monoisotopic (exact) mass is 190 g/mol. The molecule has 2 rings (SSSR count). The minimum Gasteiger partial charge on any atom is -0.481 e. The van der Waals surface area contributed by atoms with Crippen LogP contribution in [-0.4, -0.2) is 11.9 Å². The van der Waals surface area contributed by atoms with E-state index in [1.807, 2.05) is 32.9 Å². The van der Waals surface area contributed by atoms with Gasteiger partial charge in [-0.15, -0.1) is 0 Å². The summed E-state index contributed by atoms with van der Waals surface area (Å²) in [6, 6.07) is 3.85. The molecule has 2 heteroatoms. The van der Waals surface area contributed by atoms with Crippen LogP contribution in [0.2, 0.25) is 0 Å². The summed E-state index contributed by atoms with van der Waals surface area (Å²) < 4.78 is 5.63. The highest BCUT2D eigenvalue weighted by Crippen LogP contribution is 2.34. The predicted octanol–water partition coefficient (Wildman–Crippen LogP) is 2.66. The van der Waals surface area contributed by atoms with E-state index in [2.05, 4.69) is 0 Å². The average molecular weight is 190 g/mol. The Balaban J connectivity index is 2.53. The first-order valence-electron chi connectivity index (χ1n) is 4.96. The van der Waals surface area contributed by atoms with E-state index in [4.69, 9.17) is 4.74 Å². The molecule has 0 aromatic heterocycles. The van der Waals surface area contributed by atoms with E-state index in [0.717, 1.165) is 23.3 Å². The Bertz CT molecular complexity index is 394. The molecule has 1 aromatic carbocycles. The Labute approximate surface area is 83.9 Å². The zero-order valence-electron chi connectivity index (χ0n) is 8.76. The van der Waals surface area contributed by atoms with Crippen molar-refractivity contribution in [3.05, 3.63) is 28.8 Å². The van der Waals surface area contributed by atoms with Gasteiger partial charge in [-0.25, -0.2) is 0 Å². The van der Waals surface area contributed by atoms with Crippen LogP contribution >= 0.6 is 0 Å². The zero-order valence-corrected chi connectivity index (χ0v) is 8.76. The van der Waals surface area contributed by atoms with E-state index in [1.54, 1.807) is 0 Å². The van der Waals surface area contributed by atoms with Gasteiger partial charge in [0.2, 0.25) is 5.78 Å². The van der Waals surface area contributed by atoms with Gasteiger partial charge in [0.1, 0.15) is 5.75 Å². The second-order valence-electron chi connectivity index (χ2n) is 3.76. The number of aryl methyl sites for hydroxylation is 1. The summed E-state index contributed by atoms with van der Waals surface area (Å²) in [6.45, 7) is 6.00. The molecule has 1 unspecified atom stereocenters. The fourth-order valence-electron chi connectivity index (χ4n) is 1.77. The normalized spacial score (nSPS) is 19.4. The number of hydrogen-bond donors (Lipinski definition) is 0. The van der Waals surface area contributed by atoms with Crippen molar-refractivity contribution in [3.63, 3.8) is 0 Å². The van der Waals surface area contributed by atoms with Gasteiger partial charge in [0, 0.05) is 0 Å². The molecule has 0 saturated heterocycles. The standard InChI is InChI=1S/C12H14O2/c1-4-10-11(13)9-6-5-7(2)8(3)12(9)14-10/h5-6,10H,4H2,1-3H3. The Morgan fingerprint density at radius 2 is 2.07 bits per heavy atom. The number of ketones is 1. The van der Waals surface area contributed by atoms with E-state index in [-0.39, 0.29) is 11.9 Å². The van der Waals surface area contributed by atoms with E-state index < -0.39 is 0 Å². The molecule has 0 fully saturated rings. The summed E-state index contributed by atoms with van der Waals surface area (Å²) in [5.74, 6) is 0.924. The highest BCUT2D eigenvalue weighted by atomic mass is 16.5. The second kappa shape index (κ2) is 3.12. The third kappa shape index (κ3) is 1.14. The third-order valence-corrected chi connectivity index (χ3v) is 2.87. The number of ether oxygens (including phenoxy) is 1. The lowest BCUT2D eigenvalue weighted by atomic mass is 10.0. The zero-order chi connectivity index (χ0) is 10.3. The number of fused-ring (bicyclic) bond motifs is 1. The first kappa shape index (κ1) is 9.25. The molecule has 1 aliphatic heterocycles. The minimum atomic E-state index is -0.259. The maximum Gasteiger partial charge on any atom is 0.207 e. The van der Waals surface area contributed by atoms with Gasteiger partial charge in [-0.3, -0.25) is 4.79 Å². The van der Waals surface area contributed by atoms with Crippen LogP contribution < -0.4 is 4.74 Å². The average Bonchev–Trinajstić information content (AvgIpc) is 2.50. The molecule has 1 aromatic rings. The van der Waals surface area contributed by atoms with Crippen molar-refractivity contribution in [1.29, 1.82) is 0 Å².